The molecule has 1 aliphatic heterocycles. The predicted molar refractivity (Wildman–Crippen MR) is 125 cm³/mol. The summed E-state index contributed by atoms with van der Waals surface area (Å²) < 4.78 is 5.51. The Labute approximate surface area is 195 Å². The molecule has 3 aromatic rings. The van der Waals surface area contributed by atoms with Crippen LogP contribution in [0.4, 0.5) is 5.69 Å². The molecule has 1 atom stereocenters. The second kappa shape index (κ2) is 9.07. The number of halogens is 2. The van der Waals surface area contributed by atoms with Crippen molar-refractivity contribution in [2.75, 3.05) is 11.5 Å². The van der Waals surface area contributed by atoms with Crippen molar-refractivity contribution >= 4 is 46.3 Å². The topological polar surface area (TPSA) is 66.8 Å². The highest BCUT2D eigenvalue weighted by atomic mass is 35.5. The van der Waals surface area contributed by atoms with Crippen molar-refractivity contribution in [3.63, 3.8) is 0 Å². The van der Waals surface area contributed by atoms with Crippen LogP contribution in [0.15, 0.2) is 78.4 Å². The van der Waals surface area contributed by atoms with E-state index in [1.165, 1.54) is 4.90 Å². The smallest absolute Gasteiger partial charge is 0.300 e. The van der Waals surface area contributed by atoms with Gasteiger partial charge >= 0.3 is 0 Å². The Morgan fingerprint density at radius 3 is 2.44 bits per heavy atom. The SMILES string of the molecule is CCOc1ccc(Cl)c(/C(O)=C2\C(=O)C(=O)N(c3cccc(Cl)c3)C2c2ccccc2)c1. The zero-order valence-corrected chi connectivity index (χ0v) is 18.6. The van der Waals surface area contributed by atoms with Crippen LogP contribution in [0.5, 0.6) is 5.75 Å². The van der Waals surface area contributed by atoms with Crippen molar-refractivity contribution < 1.29 is 19.4 Å². The number of aliphatic hydroxyl groups is 1. The number of benzene rings is 3. The maximum Gasteiger partial charge on any atom is 0.300 e. The number of anilines is 1. The Morgan fingerprint density at radius 2 is 1.75 bits per heavy atom. The van der Waals surface area contributed by atoms with E-state index in [1.54, 1.807) is 66.7 Å². The Hall–Kier alpha value is -3.28. The number of aliphatic hydroxyl groups excluding tert-OH is 1. The highest BCUT2D eigenvalue weighted by Crippen LogP contribution is 2.43. The van der Waals surface area contributed by atoms with E-state index in [9.17, 15) is 14.7 Å². The van der Waals surface area contributed by atoms with E-state index < -0.39 is 17.7 Å². The molecule has 0 aromatic heterocycles. The van der Waals surface area contributed by atoms with Gasteiger partial charge in [-0.3, -0.25) is 14.5 Å². The van der Waals surface area contributed by atoms with Gasteiger partial charge in [-0.2, -0.15) is 0 Å². The summed E-state index contributed by atoms with van der Waals surface area (Å²) in [5.41, 5.74) is 1.26. The number of nitrogens with zero attached hydrogens (tertiary/aromatic N) is 1. The van der Waals surface area contributed by atoms with E-state index in [0.717, 1.165) is 0 Å². The normalized spacial score (nSPS) is 17.6. The highest BCUT2D eigenvalue weighted by molar-refractivity contribution is 6.52. The van der Waals surface area contributed by atoms with Gasteiger partial charge in [-0.05, 0) is 48.9 Å². The minimum Gasteiger partial charge on any atom is -0.507 e. The first-order valence-electron chi connectivity index (χ1n) is 9.96. The summed E-state index contributed by atoms with van der Waals surface area (Å²) in [4.78, 5) is 27.7. The van der Waals surface area contributed by atoms with E-state index in [-0.39, 0.29) is 21.9 Å². The maximum atomic E-state index is 13.2. The number of hydrogen-bond acceptors (Lipinski definition) is 4. The van der Waals surface area contributed by atoms with Gasteiger partial charge in [-0.15, -0.1) is 0 Å². The Bertz CT molecular complexity index is 1220. The molecule has 1 fully saturated rings. The van der Waals surface area contributed by atoms with Crippen LogP contribution in [0.3, 0.4) is 0 Å². The number of carbonyl (C=O) groups excluding carboxylic acids is 2. The molecule has 1 aliphatic rings. The number of hydrogen-bond donors (Lipinski definition) is 1. The number of carbonyl (C=O) groups is 2. The van der Waals surface area contributed by atoms with Crippen molar-refractivity contribution in [1.29, 1.82) is 0 Å². The Balaban J connectivity index is 1.95. The van der Waals surface area contributed by atoms with Gasteiger partial charge in [0.15, 0.2) is 0 Å². The van der Waals surface area contributed by atoms with E-state index in [0.29, 0.717) is 28.6 Å². The van der Waals surface area contributed by atoms with Crippen molar-refractivity contribution in [2.24, 2.45) is 0 Å². The van der Waals surface area contributed by atoms with Gasteiger partial charge in [0.05, 0.1) is 23.2 Å². The number of rotatable bonds is 5. The van der Waals surface area contributed by atoms with Gasteiger partial charge in [0.25, 0.3) is 11.7 Å². The molecule has 5 nitrogen and oxygen atoms in total. The summed E-state index contributed by atoms with van der Waals surface area (Å²) in [6, 6.07) is 19.6. The van der Waals surface area contributed by atoms with E-state index in [1.807, 2.05) is 13.0 Å². The number of ether oxygens (including phenoxy) is 1. The third-order valence-corrected chi connectivity index (χ3v) is 5.71. The molecular weight excluding hydrogens is 449 g/mol. The first-order valence-corrected chi connectivity index (χ1v) is 10.7. The van der Waals surface area contributed by atoms with Gasteiger partial charge in [-0.1, -0.05) is 59.6 Å². The van der Waals surface area contributed by atoms with Crippen LogP contribution in [0.2, 0.25) is 10.0 Å². The molecule has 0 bridgehead atoms. The van der Waals surface area contributed by atoms with Gasteiger partial charge < -0.3 is 9.84 Å². The molecule has 1 amide bonds. The van der Waals surface area contributed by atoms with Crippen LogP contribution in [-0.2, 0) is 9.59 Å². The molecule has 162 valence electrons. The average molecular weight is 468 g/mol. The second-order valence-electron chi connectivity index (χ2n) is 7.13. The van der Waals surface area contributed by atoms with Gasteiger partial charge in [0.2, 0.25) is 0 Å². The molecule has 0 radical (unpaired) electrons. The van der Waals surface area contributed by atoms with Crippen molar-refractivity contribution in [3.8, 4) is 5.75 Å². The van der Waals surface area contributed by atoms with E-state index in [2.05, 4.69) is 0 Å². The highest BCUT2D eigenvalue weighted by Gasteiger charge is 2.47. The molecule has 3 aromatic carbocycles. The predicted octanol–water partition coefficient (Wildman–Crippen LogP) is 6.02. The third-order valence-electron chi connectivity index (χ3n) is 5.15. The molecule has 1 unspecified atom stereocenters. The zero-order valence-electron chi connectivity index (χ0n) is 17.1. The molecule has 0 aliphatic carbocycles. The van der Waals surface area contributed by atoms with Crippen LogP contribution >= 0.6 is 23.2 Å². The minimum absolute atomic E-state index is 0.0586. The minimum atomic E-state index is -0.860. The summed E-state index contributed by atoms with van der Waals surface area (Å²) in [5.74, 6) is -1.46. The summed E-state index contributed by atoms with van der Waals surface area (Å²) in [5, 5.41) is 11.9. The number of Topliss-reactive ketones (excluding diaryl/α,β-unsaturated/α-hetero) is 1. The first kappa shape index (κ1) is 21.9. The molecule has 1 heterocycles. The number of amides is 1. The summed E-state index contributed by atoms with van der Waals surface area (Å²) >= 11 is 12.5. The van der Waals surface area contributed by atoms with Crippen molar-refractivity contribution in [2.45, 2.75) is 13.0 Å². The average Bonchev–Trinajstić information content (AvgIpc) is 3.06. The Kier molecular flexibility index (Phi) is 6.21. The lowest BCUT2D eigenvalue weighted by Crippen LogP contribution is -2.29. The third kappa shape index (κ3) is 3.97. The van der Waals surface area contributed by atoms with Gasteiger partial charge in [0.1, 0.15) is 11.5 Å². The molecule has 4 rings (SSSR count). The van der Waals surface area contributed by atoms with E-state index in [4.69, 9.17) is 27.9 Å². The molecule has 32 heavy (non-hydrogen) atoms. The molecule has 1 saturated heterocycles. The quantitative estimate of drug-likeness (QED) is 0.283. The second-order valence-corrected chi connectivity index (χ2v) is 7.98. The fraction of sp³-hybridized carbons (Fsp3) is 0.120. The van der Waals surface area contributed by atoms with Crippen molar-refractivity contribution in [1.82, 2.24) is 0 Å². The van der Waals surface area contributed by atoms with Crippen LogP contribution in [0.25, 0.3) is 5.76 Å². The summed E-state index contributed by atoms with van der Waals surface area (Å²) in [6.45, 7) is 2.26. The van der Waals surface area contributed by atoms with Crippen LogP contribution < -0.4 is 9.64 Å². The Morgan fingerprint density at radius 1 is 1.00 bits per heavy atom. The molecule has 0 spiro atoms. The standard InChI is InChI=1S/C25H19Cl2NO4/c1-2-32-18-11-12-20(27)19(14-18)23(29)21-22(15-7-4-3-5-8-15)28(25(31)24(21)30)17-10-6-9-16(26)13-17/h3-14,22,29H,2H2,1H3/b23-21+. The summed E-state index contributed by atoms with van der Waals surface area (Å²) in [7, 11) is 0. The fourth-order valence-electron chi connectivity index (χ4n) is 3.76. The van der Waals surface area contributed by atoms with Gasteiger partial charge in [0, 0.05) is 16.3 Å². The van der Waals surface area contributed by atoms with Gasteiger partial charge in [-0.25, -0.2) is 0 Å². The van der Waals surface area contributed by atoms with Crippen LogP contribution in [-0.4, -0.2) is 23.4 Å². The van der Waals surface area contributed by atoms with E-state index >= 15 is 0 Å². The zero-order chi connectivity index (χ0) is 22.8. The molecular formula is C25H19Cl2NO4. The lowest BCUT2D eigenvalue weighted by molar-refractivity contribution is -0.132. The monoisotopic (exact) mass is 467 g/mol. The maximum absolute atomic E-state index is 13.2. The van der Waals surface area contributed by atoms with Crippen molar-refractivity contribution in [3.05, 3.63) is 99.5 Å². The van der Waals surface area contributed by atoms with Crippen LogP contribution in [0, 0.1) is 0 Å². The largest absolute Gasteiger partial charge is 0.507 e. The molecule has 1 N–H and O–H groups in total. The molecule has 0 saturated carbocycles. The first-order chi connectivity index (χ1) is 15.4. The lowest BCUT2D eigenvalue weighted by Gasteiger charge is -2.25. The summed E-state index contributed by atoms with van der Waals surface area (Å²) in [6.07, 6.45) is 0. The molecule has 7 heteroatoms. The number of ketones is 1. The van der Waals surface area contributed by atoms with Crippen LogP contribution in [0.1, 0.15) is 24.1 Å². The lowest BCUT2D eigenvalue weighted by atomic mass is 9.95. The fourth-order valence-corrected chi connectivity index (χ4v) is 4.15.